The molecule has 3 heteroatoms. The summed E-state index contributed by atoms with van der Waals surface area (Å²) in [5.41, 5.74) is -0.134. The number of likely N-dealkylation sites (tertiary alicyclic amines) is 1. The Morgan fingerprint density at radius 1 is 1.00 bits per heavy atom. The lowest BCUT2D eigenvalue weighted by Crippen LogP contribution is -2.64. The molecule has 2 heterocycles. The van der Waals surface area contributed by atoms with Crippen LogP contribution < -0.4 is 0 Å². The average Bonchev–Trinajstić information content (AvgIpc) is 2.86. The normalized spacial score (nSPS) is 47.8. The second-order valence-corrected chi connectivity index (χ2v) is 11.6. The van der Waals surface area contributed by atoms with Crippen molar-refractivity contribution in [2.75, 3.05) is 6.54 Å². The van der Waals surface area contributed by atoms with Gasteiger partial charge in [-0.25, -0.2) is 0 Å². The summed E-state index contributed by atoms with van der Waals surface area (Å²) >= 11 is 0. The third kappa shape index (κ3) is 2.78. The first-order valence-electron chi connectivity index (χ1n) is 12.4. The molecular formula is C25H42N2O. The lowest BCUT2D eigenvalue weighted by Gasteiger charge is -2.54. The van der Waals surface area contributed by atoms with Crippen LogP contribution in [-0.2, 0) is 4.74 Å². The van der Waals surface area contributed by atoms with E-state index in [1.807, 2.05) is 0 Å². The molecule has 28 heavy (non-hydrogen) atoms. The van der Waals surface area contributed by atoms with Gasteiger partial charge in [-0.1, -0.05) is 59.8 Å². The van der Waals surface area contributed by atoms with Gasteiger partial charge in [0.2, 0.25) is 0 Å². The van der Waals surface area contributed by atoms with Gasteiger partial charge >= 0.3 is 0 Å². The Hall–Kier alpha value is -0.410. The van der Waals surface area contributed by atoms with Crippen LogP contribution in [0.5, 0.6) is 0 Å². The fraction of sp³-hybridized carbons (Fsp3) is 0.960. The Bertz CT molecular complexity index is 614. The standard InChI is InChI=1S/C25H42N2O/c1-17(2)15-27-21-12-8-7-11-20(21)24(3,4)25(27)16-26-23-19-10-6-5-9-18(19)13-14-22(23)28-25/h16-23H,5-15H2,1-4H3. The molecule has 3 saturated carbocycles. The topological polar surface area (TPSA) is 24.8 Å². The van der Waals surface area contributed by atoms with Gasteiger partial charge in [0, 0.05) is 24.2 Å². The van der Waals surface area contributed by atoms with Crippen LogP contribution in [0.25, 0.3) is 0 Å². The second kappa shape index (κ2) is 7.08. The van der Waals surface area contributed by atoms with Crippen LogP contribution in [0, 0.1) is 29.1 Å². The van der Waals surface area contributed by atoms with Crippen molar-refractivity contribution in [3.63, 3.8) is 0 Å². The van der Waals surface area contributed by atoms with E-state index < -0.39 is 0 Å². The number of rotatable bonds is 2. The highest BCUT2D eigenvalue weighted by atomic mass is 16.5. The average molecular weight is 387 g/mol. The quantitative estimate of drug-likeness (QED) is 0.610. The molecule has 4 fully saturated rings. The highest BCUT2D eigenvalue weighted by Crippen LogP contribution is 2.59. The summed E-state index contributed by atoms with van der Waals surface area (Å²) in [6.07, 6.45) is 16.4. The lowest BCUT2D eigenvalue weighted by atomic mass is 9.65. The van der Waals surface area contributed by atoms with Crippen LogP contribution in [0.3, 0.4) is 0 Å². The monoisotopic (exact) mass is 386 g/mol. The summed E-state index contributed by atoms with van der Waals surface area (Å²) in [5.74, 6) is 3.10. The zero-order valence-electron chi connectivity index (χ0n) is 18.7. The van der Waals surface area contributed by atoms with E-state index in [1.165, 1.54) is 64.2 Å². The number of nitrogens with zero attached hydrogens (tertiary/aromatic N) is 2. The molecule has 1 saturated heterocycles. The van der Waals surface area contributed by atoms with Crippen molar-refractivity contribution in [3.8, 4) is 0 Å². The zero-order valence-corrected chi connectivity index (χ0v) is 18.7. The summed E-state index contributed by atoms with van der Waals surface area (Å²) in [5, 5.41) is 0. The number of ether oxygens (including phenoxy) is 1. The van der Waals surface area contributed by atoms with Crippen molar-refractivity contribution < 1.29 is 4.74 Å². The maximum absolute atomic E-state index is 7.29. The number of aliphatic imine (C=N–C) groups is 1. The molecule has 0 bridgehead atoms. The summed E-state index contributed by atoms with van der Waals surface area (Å²) in [7, 11) is 0. The fourth-order valence-electron chi connectivity index (χ4n) is 7.99. The molecular weight excluding hydrogens is 344 g/mol. The Labute approximate surface area is 172 Å². The Kier molecular flexibility index (Phi) is 4.94. The molecule has 0 N–H and O–H groups in total. The van der Waals surface area contributed by atoms with E-state index in [0.29, 0.717) is 24.1 Å². The number of fused-ring (bicyclic) bond motifs is 4. The first-order valence-corrected chi connectivity index (χ1v) is 12.4. The van der Waals surface area contributed by atoms with Crippen molar-refractivity contribution in [1.82, 2.24) is 4.90 Å². The molecule has 1 spiro atoms. The molecule has 0 aromatic heterocycles. The van der Waals surface area contributed by atoms with E-state index in [-0.39, 0.29) is 11.1 Å². The molecule has 2 aliphatic heterocycles. The first-order chi connectivity index (χ1) is 13.4. The van der Waals surface area contributed by atoms with Crippen LogP contribution in [0.2, 0.25) is 0 Å². The minimum atomic E-state index is -0.278. The number of hydrogen-bond acceptors (Lipinski definition) is 3. The third-order valence-electron chi connectivity index (χ3n) is 9.33. The zero-order chi connectivity index (χ0) is 19.5. The van der Waals surface area contributed by atoms with Gasteiger partial charge in [-0.05, 0) is 55.8 Å². The third-order valence-corrected chi connectivity index (χ3v) is 9.33. The summed E-state index contributed by atoms with van der Waals surface area (Å²) in [6.45, 7) is 10.9. The van der Waals surface area contributed by atoms with Crippen LogP contribution in [-0.4, -0.2) is 41.6 Å². The van der Waals surface area contributed by atoms with Crippen LogP contribution in [0.15, 0.2) is 4.99 Å². The van der Waals surface area contributed by atoms with Gasteiger partial charge in [0.25, 0.3) is 0 Å². The van der Waals surface area contributed by atoms with Crippen molar-refractivity contribution in [3.05, 3.63) is 0 Å². The lowest BCUT2D eigenvalue weighted by molar-refractivity contribution is -0.201. The number of hydrogen-bond donors (Lipinski definition) is 0. The van der Waals surface area contributed by atoms with Crippen LogP contribution >= 0.6 is 0 Å². The highest BCUT2D eigenvalue weighted by molar-refractivity contribution is 5.72. The molecule has 0 amide bonds. The Balaban J connectivity index is 1.51. The molecule has 3 nitrogen and oxygen atoms in total. The van der Waals surface area contributed by atoms with E-state index in [1.54, 1.807) is 0 Å². The van der Waals surface area contributed by atoms with E-state index in [2.05, 4.69) is 38.8 Å². The Morgan fingerprint density at radius 2 is 1.75 bits per heavy atom. The SMILES string of the molecule is CC(C)CN1C2CCCCC2C(C)(C)C12C=NC1C(CCC3CCCCC31)O2. The van der Waals surface area contributed by atoms with Gasteiger partial charge in [-0.15, -0.1) is 0 Å². The smallest absolute Gasteiger partial charge is 0.163 e. The molecule has 0 radical (unpaired) electrons. The van der Waals surface area contributed by atoms with Gasteiger partial charge in [0.1, 0.15) is 0 Å². The Morgan fingerprint density at radius 3 is 2.57 bits per heavy atom. The second-order valence-electron chi connectivity index (χ2n) is 11.6. The van der Waals surface area contributed by atoms with E-state index in [4.69, 9.17) is 9.73 Å². The minimum absolute atomic E-state index is 0.144. The predicted molar refractivity (Wildman–Crippen MR) is 116 cm³/mol. The van der Waals surface area contributed by atoms with Gasteiger partial charge in [-0.2, -0.15) is 0 Å². The molecule has 7 unspecified atom stereocenters. The minimum Gasteiger partial charge on any atom is -0.349 e. The van der Waals surface area contributed by atoms with Crippen molar-refractivity contribution >= 4 is 6.21 Å². The maximum Gasteiger partial charge on any atom is 0.163 e. The predicted octanol–water partition coefficient (Wildman–Crippen LogP) is 5.68. The van der Waals surface area contributed by atoms with Gasteiger partial charge in [0.15, 0.2) is 5.72 Å². The summed E-state index contributed by atoms with van der Waals surface area (Å²) in [4.78, 5) is 8.18. The highest BCUT2D eigenvalue weighted by Gasteiger charge is 2.66. The van der Waals surface area contributed by atoms with Gasteiger partial charge in [-0.3, -0.25) is 9.89 Å². The first kappa shape index (κ1) is 19.5. The van der Waals surface area contributed by atoms with Crippen LogP contribution in [0.1, 0.15) is 91.9 Å². The largest absolute Gasteiger partial charge is 0.349 e. The summed E-state index contributed by atoms with van der Waals surface area (Å²) < 4.78 is 7.29. The van der Waals surface area contributed by atoms with Gasteiger partial charge < -0.3 is 4.74 Å². The maximum atomic E-state index is 7.29. The van der Waals surface area contributed by atoms with Crippen LogP contribution in [0.4, 0.5) is 0 Å². The molecule has 5 aliphatic rings. The van der Waals surface area contributed by atoms with Crippen molar-refractivity contribution in [2.45, 2.75) is 116 Å². The molecule has 5 rings (SSSR count). The molecule has 158 valence electrons. The van der Waals surface area contributed by atoms with E-state index >= 15 is 0 Å². The fourth-order valence-corrected chi connectivity index (χ4v) is 7.99. The molecule has 3 aliphatic carbocycles. The van der Waals surface area contributed by atoms with Crippen molar-refractivity contribution in [1.29, 1.82) is 0 Å². The molecule has 0 aromatic rings. The molecule has 0 aromatic carbocycles. The summed E-state index contributed by atoms with van der Waals surface area (Å²) in [6, 6.07) is 1.11. The van der Waals surface area contributed by atoms with Crippen molar-refractivity contribution in [2.24, 2.45) is 34.1 Å². The van der Waals surface area contributed by atoms with E-state index in [0.717, 1.165) is 24.3 Å². The molecule has 7 atom stereocenters. The van der Waals surface area contributed by atoms with Gasteiger partial charge in [0.05, 0.1) is 12.1 Å². The van der Waals surface area contributed by atoms with E-state index in [9.17, 15) is 0 Å².